The number of nitrogens with zero attached hydrogens (tertiary/aromatic N) is 1. The molecule has 2 N–H and O–H groups in total. The summed E-state index contributed by atoms with van der Waals surface area (Å²) in [5.74, 6) is 0.949. The second-order valence-corrected chi connectivity index (χ2v) is 3.02. The highest BCUT2D eigenvalue weighted by Gasteiger charge is 2.03. The van der Waals surface area contributed by atoms with Gasteiger partial charge in [-0.3, -0.25) is 0 Å². The molecule has 0 saturated carbocycles. The van der Waals surface area contributed by atoms with Gasteiger partial charge in [0, 0.05) is 18.8 Å². The summed E-state index contributed by atoms with van der Waals surface area (Å²) in [6.45, 7) is 3.13. The van der Waals surface area contributed by atoms with Crippen LogP contribution in [0.15, 0.2) is 24.4 Å². The van der Waals surface area contributed by atoms with Gasteiger partial charge >= 0.3 is 0 Å². The molecule has 0 aliphatic heterocycles. The molecule has 13 heavy (non-hydrogen) atoms. The Bertz CT molecular complexity index is 223. The number of likely N-dealkylation sites (N-methyl/N-ethyl adjacent to an activating group) is 1. The highest BCUT2D eigenvalue weighted by Crippen LogP contribution is 2.03. The van der Waals surface area contributed by atoms with Crippen molar-refractivity contribution in [2.75, 3.05) is 18.9 Å². The maximum atomic E-state index is 4.21. The van der Waals surface area contributed by atoms with Crippen molar-refractivity contribution in [1.29, 1.82) is 0 Å². The van der Waals surface area contributed by atoms with Crippen LogP contribution in [0, 0.1) is 0 Å². The third-order valence-corrected chi connectivity index (χ3v) is 1.96. The Morgan fingerprint density at radius 3 is 2.85 bits per heavy atom. The van der Waals surface area contributed by atoms with E-state index in [1.807, 2.05) is 25.2 Å². The fourth-order valence-corrected chi connectivity index (χ4v) is 1.20. The molecule has 1 aromatic heterocycles. The summed E-state index contributed by atoms with van der Waals surface area (Å²) < 4.78 is 0. The first-order valence-corrected chi connectivity index (χ1v) is 4.69. The Morgan fingerprint density at radius 2 is 2.31 bits per heavy atom. The van der Waals surface area contributed by atoms with Crippen LogP contribution in [0.1, 0.15) is 13.3 Å². The Kier molecular flexibility index (Phi) is 4.26. The largest absolute Gasteiger partial charge is 0.366 e. The summed E-state index contributed by atoms with van der Waals surface area (Å²) in [6, 6.07) is 6.35. The molecule has 3 nitrogen and oxygen atoms in total. The molecule has 0 radical (unpaired) electrons. The molecule has 0 bridgehead atoms. The summed E-state index contributed by atoms with van der Waals surface area (Å²) >= 11 is 0. The van der Waals surface area contributed by atoms with Crippen LogP contribution in [0.4, 0.5) is 5.82 Å². The van der Waals surface area contributed by atoms with E-state index in [2.05, 4.69) is 22.5 Å². The Balaban J connectivity index is 2.46. The zero-order valence-electron chi connectivity index (χ0n) is 8.25. The molecule has 0 aliphatic carbocycles. The van der Waals surface area contributed by atoms with Gasteiger partial charge in [0.25, 0.3) is 0 Å². The lowest BCUT2D eigenvalue weighted by atomic mass is 10.2. The number of hydrogen-bond acceptors (Lipinski definition) is 3. The van der Waals surface area contributed by atoms with Gasteiger partial charge in [0.15, 0.2) is 0 Å². The van der Waals surface area contributed by atoms with Crippen molar-refractivity contribution in [2.24, 2.45) is 0 Å². The molecule has 72 valence electrons. The number of nitrogens with one attached hydrogen (secondary N) is 2. The molecule has 0 saturated heterocycles. The Labute approximate surface area is 79.6 Å². The third-order valence-electron chi connectivity index (χ3n) is 1.96. The first-order valence-electron chi connectivity index (χ1n) is 4.69. The third kappa shape index (κ3) is 3.42. The average molecular weight is 179 g/mol. The summed E-state index contributed by atoms with van der Waals surface area (Å²) in [4.78, 5) is 4.21. The maximum Gasteiger partial charge on any atom is 0.126 e. The molecule has 0 spiro atoms. The van der Waals surface area contributed by atoms with E-state index in [-0.39, 0.29) is 0 Å². The Hall–Kier alpha value is -1.09. The van der Waals surface area contributed by atoms with Crippen molar-refractivity contribution in [1.82, 2.24) is 10.3 Å². The van der Waals surface area contributed by atoms with E-state index in [0.717, 1.165) is 18.8 Å². The van der Waals surface area contributed by atoms with E-state index >= 15 is 0 Å². The number of aromatic nitrogens is 1. The zero-order valence-corrected chi connectivity index (χ0v) is 8.25. The van der Waals surface area contributed by atoms with Crippen LogP contribution in [-0.2, 0) is 0 Å². The second kappa shape index (κ2) is 5.54. The van der Waals surface area contributed by atoms with Crippen LogP contribution in [0.5, 0.6) is 0 Å². The van der Waals surface area contributed by atoms with Gasteiger partial charge in [-0.1, -0.05) is 13.0 Å². The monoisotopic (exact) mass is 179 g/mol. The van der Waals surface area contributed by atoms with Gasteiger partial charge in [0.05, 0.1) is 0 Å². The lowest BCUT2D eigenvalue weighted by Gasteiger charge is -2.16. The normalized spacial score (nSPS) is 12.5. The topological polar surface area (TPSA) is 37.0 Å². The predicted octanol–water partition coefficient (Wildman–Crippen LogP) is 1.49. The minimum atomic E-state index is 0.458. The van der Waals surface area contributed by atoms with Crippen LogP contribution in [-0.4, -0.2) is 24.6 Å². The maximum absolute atomic E-state index is 4.21. The van der Waals surface area contributed by atoms with Gasteiger partial charge in [-0.05, 0) is 25.6 Å². The van der Waals surface area contributed by atoms with E-state index < -0.39 is 0 Å². The molecular formula is C10H17N3. The van der Waals surface area contributed by atoms with Crippen LogP contribution in [0.3, 0.4) is 0 Å². The minimum Gasteiger partial charge on any atom is -0.366 e. The molecule has 1 unspecified atom stereocenters. The molecule has 0 aromatic carbocycles. The van der Waals surface area contributed by atoms with Crippen LogP contribution >= 0.6 is 0 Å². The van der Waals surface area contributed by atoms with E-state index in [1.165, 1.54) is 0 Å². The highest BCUT2D eigenvalue weighted by molar-refractivity contribution is 5.34. The predicted molar refractivity (Wildman–Crippen MR) is 55.9 cm³/mol. The SMILES string of the molecule is CCC(CNC)Nc1ccccn1. The summed E-state index contributed by atoms with van der Waals surface area (Å²) in [5.41, 5.74) is 0. The van der Waals surface area contributed by atoms with Gasteiger partial charge < -0.3 is 10.6 Å². The van der Waals surface area contributed by atoms with Crippen LogP contribution < -0.4 is 10.6 Å². The number of pyridine rings is 1. The first kappa shape index (κ1) is 9.99. The molecule has 0 amide bonds. The fraction of sp³-hybridized carbons (Fsp3) is 0.500. The van der Waals surface area contributed by atoms with Crippen molar-refractivity contribution in [3.63, 3.8) is 0 Å². The first-order chi connectivity index (χ1) is 6.36. The number of hydrogen-bond donors (Lipinski definition) is 2. The standard InChI is InChI=1S/C10H17N3/c1-3-9(8-11-2)13-10-6-4-5-7-12-10/h4-7,9,11H,3,8H2,1-2H3,(H,12,13). The molecular weight excluding hydrogens is 162 g/mol. The van der Waals surface area contributed by atoms with Gasteiger partial charge in [-0.2, -0.15) is 0 Å². The smallest absolute Gasteiger partial charge is 0.126 e. The van der Waals surface area contributed by atoms with Crippen molar-refractivity contribution in [3.8, 4) is 0 Å². The quantitative estimate of drug-likeness (QED) is 0.719. The lowest BCUT2D eigenvalue weighted by Crippen LogP contribution is -2.30. The van der Waals surface area contributed by atoms with Gasteiger partial charge in [0.2, 0.25) is 0 Å². The minimum absolute atomic E-state index is 0.458. The number of anilines is 1. The van der Waals surface area contributed by atoms with E-state index in [0.29, 0.717) is 6.04 Å². The van der Waals surface area contributed by atoms with E-state index in [9.17, 15) is 0 Å². The zero-order chi connectivity index (χ0) is 9.52. The molecule has 3 heteroatoms. The van der Waals surface area contributed by atoms with Crippen molar-refractivity contribution >= 4 is 5.82 Å². The number of rotatable bonds is 5. The molecule has 1 aromatic rings. The summed E-state index contributed by atoms with van der Waals surface area (Å²) in [6.07, 6.45) is 2.89. The Morgan fingerprint density at radius 1 is 1.46 bits per heavy atom. The van der Waals surface area contributed by atoms with Crippen molar-refractivity contribution in [3.05, 3.63) is 24.4 Å². The molecule has 1 atom stereocenters. The van der Waals surface area contributed by atoms with Crippen molar-refractivity contribution in [2.45, 2.75) is 19.4 Å². The second-order valence-electron chi connectivity index (χ2n) is 3.02. The highest BCUT2D eigenvalue weighted by atomic mass is 15.0. The van der Waals surface area contributed by atoms with Gasteiger partial charge in [-0.25, -0.2) is 4.98 Å². The fourth-order valence-electron chi connectivity index (χ4n) is 1.20. The van der Waals surface area contributed by atoms with Gasteiger partial charge in [0.1, 0.15) is 5.82 Å². The van der Waals surface area contributed by atoms with Crippen LogP contribution in [0.25, 0.3) is 0 Å². The molecule has 0 aliphatic rings. The molecule has 0 fully saturated rings. The van der Waals surface area contributed by atoms with Gasteiger partial charge in [-0.15, -0.1) is 0 Å². The van der Waals surface area contributed by atoms with Crippen molar-refractivity contribution < 1.29 is 0 Å². The van der Waals surface area contributed by atoms with E-state index in [1.54, 1.807) is 6.20 Å². The average Bonchev–Trinajstić information content (AvgIpc) is 2.19. The van der Waals surface area contributed by atoms with E-state index in [4.69, 9.17) is 0 Å². The lowest BCUT2D eigenvalue weighted by molar-refractivity contribution is 0.634. The molecule has 1 rings (SSSR count). The van der Waals surface area contributed by atoms with Crippen LogP contribution in [0.2, 0.25) is 0 Å². The summed E-state index contributed by atoms with van der Waals surface area (Å²) in [7, 11) is 1.96. The summed E-state index contributed by atoms with van der Waals surface area (Å²) in [5, 5.41) is 6.50. The molecule has 1 heterocycles.